The van der Waals surface area contributed by atoms with Crippen LogP contribution in [0.2, 0.25) is 0 Å². The Balaban J connectivity index is 3.11. The predicted molar refractivity (Wildman–Crippen MR) is 51.6 cm³/mol. The maximum Gasteiger partial charge on any atom is 0.260 e. The van der Waals surface area contributed by atoms with Crippen LogP contribution in [0.3, 0.4) is 0 Å². The Morgan fingerprint density at radius 1 is 1.79 bits per heavy atom. The molecule has 0 unspecified atom stereocenters. The van der Waals surface area contributed by atoms with E-state index in [-0.39, 0.29) is 17.4 Å². The molecule has 0 amide bonds. The molecule has 0 spiro atoms. The quantitative estimate of drug-likeness (QED) is 0.626. The Bertz CT molecular complexity index is 449. The van der Waals surface area contributed by atoms with E-state index >= 15 is 0 Å². The average molecular weight is 214 g/mol. The third-order valence-corrected chi connectivity index (χ3v) is 3.06. The number of nitrogen functional groups attached to an aromatic ring is 1. The van der Waals surface area contributed by atoms with Crippen LogP contribution in [0, 0.1) is 12.3 Å². The van der Waals surface area contributed by atoms with Gasteiger partial charge in [-0.25, -0.2) is 13.4 Å². The number of nitrogens with two attached hydrogens (primary N) is 1. The minimum absolute atomic E-state index is 0.0444. The van der Waals surface area contributed by atoms with Gasteiger partial charge < -0.3 is 10.3 Å². The van der Waals surface area contributed by atoms with Crippen molar-refractivity contribution >= 4 is 15.8 Å². The number of aromatic nitrogens is 2. The molecule has 0 saturated carbocycles. The summed E-state index contributed by atoms with van der Waals surface area (Å²) in [5.41, 5.74) is 5.40. The minimum atomic E-state index is -3.66. The maximum absolute atomic E-state index is 11.5. The van der Waals surface area contributed by atoms with Gasteiger partial charge in [-0.05, 0) is 0 Å². The van der Waals surface area contributed by atoms with Gasteiger partial charge in [-0.1, -0.05) is 5.92 Å². The molecule has 6 nitrogen and oxygen atoms in total. The average Bonchev–Trinajstić information content (AvgIpc) is 2.43. The molecule has 0 aliphatic heterocycles. The number of nitrogens with zero attached hydrogens (tertiary/aromatic N) is 2. The van der Waals surface area contributed by atoms with E-state index in [2.05, 4.69) is 15.6 Å². The van der Waals surface area contributed by atoms with Crippen molar-refractivity contribution in [1.82, 2.24) is 14.3 Å². The Morgan fingerprint density at radius 2 is 2.43 bits per heavy atom. The van der Waals surface area contributed by atoms with Crippen molar-refractivity contribution in [1.29, 1.82) is 0 Å². The number of aryl methyl sites for hydroxylation is 1. The highest BCUT2D eigenvalue weighted by Crippen LogP contribution is 2.14. The molecule has 0 bridgehead atoms. The van der Waals surface area contributed by atoms with Crippen molar-refractivity contribution < 1.29 is 8.42 Å². The van der Waals surface area contributed by atoms with Crippen molar-refractivity contribution in [2.24, 2.45) is 7.05 Å². The normalized spacial score (nSPS) is 11.1. The summed E-state index contributed by atoms with van der Waals surface area (Å²) < 4.78 is 26.6. The molecule has 0 radical (unpaired) electrons. The molecule has 0 aliphatic rings. The van der Waals surface area contributed by atoms with E-state index in [0.717, 1.165) is 0 Å². The molecular formula is C7H10N4O2S. The number of rotatable bonds is 3. The lowest BCUT2D eigenvalue weighted by Gasteiger charge is -2.04. The van der Waals surface area contributed by atoms with Gasteiger partial charge >= 0.3 is 0 Å². The first-order chi connectivity index (χ1) is 6.49. The van der Waals surface area contributed by atoms with Crippen LogP contribution in [-0.4, -0.2) is 24.5 Å². The second-order valence-corrected chi connectivity index (χ2v) is 4.26. The SMILES string of the molecule is C#CCNS(=O)(=O)c1c(N)ncn1C. The zero-order valence-corrected chi connectivity index (χ0v) is 8.37. The van der Waals surface area contributed by atoms with E-state index in [4.69, 9.17) is 12.2 Å². The van der Waals surface area contributed by atoms with Crippen molar-refractivity contribution in [2.75, 3.05) is 12.3 Å². The predicted octanol–water partition coefficient (Wildman–Crippen LogP) is -1.09. The van der Waals surface area contributed by atoms with Gasteiger partial charge in [0.1, 0.15) is 0 Å². The molecule has 1 rings (SSSR count). The molecule has 3 N–H and O–H groups in total. The highest BCUT2D eigenvalue weighted by atomic mass is 32.2. The fraction of sp³-hybridized carbons (Fsp3) is 0.286. The largest absolute Gasteiger partial charge is 0.381 e. The van der Waals surface area contributed by atoms with Crippen LogP contribution in [0.4, 0.5) is 5.82 Å². The monoisotopic (exact) mass is 214 g/mol. The third-order valence-electron chi connectivity index (χ3n) is 1.53. The van der Waals surface area contributed by atoms with Gasteiger partial charge in [0.05, 0.1) is 12.9 Å². The number of nitrogens with one attached hydrogen (secondary N) is 1. The van der Waals surface area contributed by atoms with Gasteiger partial charge in [-0.2, -0.15) is 4.72 Å². The van der Waals surface area contributed by atoms with E-state index in [1.165, 1.54) is 17.9 Å². The smallest absolute Gasteiger partial charge is 0.260 e. The Kier molecular flexibility index (Phi) is 2.78. The molecule has 1 aromatic heterocycles. The van der Waals surface area contributed by atoms with Crippen LogP contribution in [0.25, 0.3) is 0 Å². The van der Waals surface area contributed by atoms with E-state index in [1.54, 1.807) is 0 Å². The second-order valence-electron chi connectivity index (χ2n) is 2.57. The lowest BCUT2D eigenvalue weighted by atomic mass is 10.7. The Hall–Kier alpha value is -1.52. The van der Waals surface area contributed by atoms with Gasteiger partial charge in [-0.3, -0.25) is 0 Å². The number of hydrogen-bond acceptors (Lipinski definition) is 4. The van der Waals surface area contributed by atoms with Crippen LogP contribution in [-0.2, 0) is 17.1 Å². The molecule has 1 aromatic rings. The van der Waals surface area contributed by atoms with Crippen molar-refractivity contribution in [3.63, 3.8) is 0 Å². The van der Waals surface area contributed by atoms with Gasteiger partial charge in [0.2, 0.25) is 0 Å². The summed E-state index contributed by atoms with van der Waals surface area (Å²) >= 11 is 0. The molecule has 1 heterocycles. The Morgan fingerprint density at radius 3 is 2.86 bits per heavy atom. The number of terminal acetylenes is 1. The highest BCUT2D eigenvalue weighted by molar-refractivity contribution is 7.89. The minimum Gasteiger partial charge on any atom is -0.381 e. The first-order valence-corrected chi connectivity index (χ1v) is 5.17. The number of imidazole rings is 1. The van der Waals surface area contributed by atoms with Gasteiger partial charge in [0, 0.05) is 7.05 Å². The fourth-order valence-corrected chi connectivity index (χ4v) is 2.13. The second kappa shape index (κ2) is 3.69. The number of anilines is 1. The van der Waals surface area contributed by atoms with Gasteiger partial charge in [0.15, 0.2) is 10.8 Å². The molecule has 0 atom stereocenters. The van der Waals surface area contributed by atoms with E-state index in [0.29, 0.717) is 0 Å². The maximum atomic E-state index is 11.5. The number of hydrogen-bond donors (Lipinski definition) is 2. The fourth-order valence-electron chi connectivity index (χ4n) is 0.969. The van der Waals surface area contributed by atoms with Crippen LogP contribution in [0.15, 0.2) is 11.4 Å². The zero-order valence-electron chi connectivity index (χ0n) is 7.56. The van der Waals surface area contributed by atoms with Crippen LogP contribution >= 0.6 is 0 Å². The van der Waals surface area contributed by atoms with Crippen LogP contribution in [0.1, 0.15) is 0 Å². The van der Waals surface area contributed by atoms with E-state index in [9.17, 15) is 8.42 Å². The molecule has 0 saturated heterocycles. The third kappa shape index (κ3) is 1.86. The van der Waals surface area contributed by atoms with E-state index < -0.39 is 10.0 Å². The van der Waals surface area contributed by atoms with Crippen molar-refractivity contribution in [2.45, 2.75) is 5.03 Å². The van der Waals surface area contributed by atoms with E-state index in [1.807, 2.05) is 0 Å². The van der Waals surface area contributed by atoms with Crippen molar-refractivity contribution in [3.8, 4) is 12.3 Å². The molecular weight excluding hydrogens is 204 g/mol. The summed E-state index contributed by atoms with van der Waals surface area (Å²) in [5, 5.41) is -0.0762. The summed E-state index contributed by atoms with van der Waals surface area (Å²) in [7, 11) is -2.12. The molecule has 0 fully saturated rings. The van der Waals surface area contributed by atoms with Gasteiger partial charge in [0.25, 0.3) is 10.0 Å². The highest BCUT2D eigenvalue weighted by Gasteiger charge is 2.21. The first-order valence-electron chi connectivity index (χ1n) is 3.69. The summed E-state index contributed by atoms with van der Waals surface area (Å²) in [6.07, 6.45) is 6.25. The summed E-state index contributed by atoms with van der Waals surface area (Å²) in [5.74, 6) is 2.12. The molecule has 0 aromatic carbocycles. The summed E-state index contributed by atoms with van der Waals surface area (Å²) in [6.45, 7) is -0.0764. The molecule has 14 heavy (non-hydrogen) atoms. The lowest BCUT2D eigenvalue weighted by Crippen LogP contribution is -2.26. The lowest BCUT2D eigenvalue weighted by molar-refractivity contribution is 0.576. The van der Waals surface area contributed by atoms with Crippen LogP contribution in [0.5, 0.6) is 0 Å². The van der Waals surface area contributed by atoms with Crippen LogP contribution < -0.4 is 10.5 Å². The number of sulfonamides is 1. The Labute approximate surface area is 82.2 Å². The molecule has 7 heteroatoms. The molecule has 0 aliphatic carbocycles. The van der Waals surface area contributed by atoms with Gasteiger partial charge in [-0.15, -0.1) is 6.42 Å². The topological polar surface area (TPSA) is 90.0 Å². The standard InChI is InChI=1S/C7H10N4O2S/c1-3-4-10-14(12,13)7-6(8)9-5-11(7)2/h1,5,10H,4,8H2,2H3. The molecule has 76 valence electrons. The summed E-state index contributed by atoms with van der Waals surface area (Å²) in [6, 6.07) is 0. The first kappa shape index (κ1) is 10.6. The summed E-state index contributed by atoms with van der Waals surface area (Å²) in [4.78, 5) is 3.66. The zero-order chi connectivity index (χ0) is 10.8. The van der Waals surface area contributed by atoms with Crippen molar-refractivity contribution in [3.05, 3.63) is 6.33 Å².